The highest BCUT2D eigenvalue weighted by Crippen LogP contribution is 2.33. The van der Waals surface area contributed by atoms with Crippen LogP contribution >= 0.6 is 0 Å². The number of imidazole rings is 1. The number of aromatic nitrogens is 4. The van der Waals surface area contributed by atoms with E-state index in [1.807, 2.05) is 36.4 Å². The average Bonchev–Trinajstić information content (AvgIpc) is 3.35. The lowest BCUT2D eigenvalue weighted by Crippen LogP contribution is -2.33. The molecule has 3 N–H and O–H groups in total. The lowest BCUT2D eigenvalue weighted by Gasteiger charge is -2.21. The zero-order valence-electron chi connectivity index (χ0n) is 16.5. The van der Waals surface area contributed by atoms with Gasteiger partial charge in [-0.25, -0.2) is 4.98 Å². The number of benzene rings is 2. The van der Waals surface area contributed by atoms with E-state index >= 15 is 0 Å². The van der Waals surface area contributed by atoms with Gasteiger partial charge in [-0.1, -0.05) is 50.2 Å². The SMILES string of the molecule is CC(C)[C@@H](NC(=O)c1[nH]nc2c1CCc1ccccc1-2)c1nc2ccccc2[nH]1. The number of H-pyrrole nitrogens is 2. The number of rotatable bonds is 4. The van der Waals surface area contributed by atoms with Crippen LogP contribution < -0.4 is 5.32 Å². The normalized spacial score (nSPS) is 13.9. The number of aryl methyl sites for hydroxylation is 1. The highest BCUT2D eigenvalue weighted by Gasteiger charge is 2.28. The molecule has 1 aliphatic rings. The number of fused-ring (bicyclic) bond motifs is 4. The number of hydrogen-bond donors (Lipinski definition) is 3. The molecule has 0 fully saturated rings. The molecule has 6 nitrogen and oxygen atoms in total. The van der Waals surface area contributed by atoms with Gasteiger partial charge in [0.15, 0.2) is 0 Å². The van der Waals surface area contributed by atoms with E-state index in [9.17, 15) is 4.79 Å². The number of nitrogens with zero attached hydrogens (tertiary/aromatic N) is 2. The third-order valence-electron chi connectivity index (χ3n) is 5.67. The molecule has 1 amide bonds. The highest BCUT2D eigenvalue weighted by atomic mass is 16.2. The highest BCUT2D eigenvalue weighted by molar-refractivity contribution is 5.96. The van der Waals surface area contributed by atoms with Crippen LogP contribution in [-0.4, -0.2) is 26.1 Å². The van der Waals surface area contributed by atoms with Crippen molar-refractivity contribution in [2.75, 3.05) is 0 Å². The maximum absolute atomic E-state index is 13.2. The standard InChI is InChI=1S/C23H23N5O/c1-13(2)19(22-24-17-9-5-6-10-18(17)25-22)26-23(29)21-16-12-11-14-7-3-4-8-15(14)20(16)27-28-21/h3-10,13,19H,11-12H2,1-2H3,(H,24,25)(H,26,29)(H,27,28)/t19-/m1/s1. The number of nitrogens with one attached hydrogen (secondary N) is 3. The third kappa shape index (κ3) is 3.01. The molecule has 0 bridgehead atoms. The summed E-state index contributed by atoms with van der Waals surface area (Å²) >= 11 is 0. The van der Waals surface area contributed by atoms with E-state index in [1.165, 1.54) is 5.56 Å². The molecule has 0 saturated carbocycles. The first-order valence-electron chi connectivity index (χ1n) is 10.0. The van der Waals surface area contributed by atoms with E-state index in [0.29, 0.717) is 5.69 Å². The van der Waals surface area contributed by atoms with Gasteiger partial charge < -0.3 is 10.3 Å². The molecular weight excluding hydrogens is 362 g/mol. The maximum Gasteiger partial charge on any atom is 0.270 e. The minimum atomic E-state index is -0.218. The van der Waals surface area contributed by atoms with Gasteiger partial charge in [-0.2, -0.15) is 5.10 Å². The monoisotopic (exact) mass is 385 g/mol. The molecule has 4 aromatic rings. The van der Waals surface area contributed by atoms with Gasteiger partial charge in [-0.15, -0.1) is 0 Å². The summed E-state index contributed by atoms with van der Waals surface area (Å²) in [6, 6.07) is 15.9. The summed E-state index contributed by atoms with van der Waals surface area (Å²) in [5.41, 5.74) is 6.70. The fraction of sp³-hybridized carbons (Fsp3) is 0.261. The van der Waals surface area contributed by atoms with Crippen LogP contribution in [-0.2, 0) is 12.8 Å². The van der Waals surface area contributed by atoms with Crippen LogP contribution in [0.1, 0.15) is 47.3 Å². The van der Waals surface area contributed by atoms with Gasteiger partial charge in [0.25, 0.3) is 5.91 Å². The number of carbonyl (C=O) groups excluding carboxylic acids is 1. The number of hydrogen-bond acceptors (Lipinski definition) is 3. The van der Waals surface area contributed by atoms with E-state index in [0.717, 1.165) is 46.5 Å². The lowest BCUT2D eigenvalue weighted by atomic mass is 9.89. The Morgan fingerprint density at radius 3 is 2.69 bits per heavy atom. The molecule has 29 heavy (non-hydrogen) atoms. The Morgan fingerprint density at radius 2 is 1.86 bits per heavy atom. The van der Waals surface area contributed by atoms with Crippen molar-refractivity contribution in [3.63, 3.8) is 0 Å². The van der Waals surface area contributed by atoms with Gasteiger partial charge in [0.1, 0.15) is 11.5 Å². The van der Waals surface area contributed by atoms with E-state index in [-0.39, 0.29) is 17.9 Å². The Morgan fingerprint density at radius 1 is 1.07 bits per heavy atom. The Bertz CT molecular complexity index is 1170. The minimum Gasteiger partial charge on any atom is -0.340 e. The second-order valence-electron chi connectivity index (χ2n) is 7.92. The third-order valence-corrected chi connectivity index (χ3v) is 5.67. The van der Waals surface area contributed by atoms with Gasteiger partial charge in [0, 0.05) is 11.1 Å². The second-order valence-corrected chi connectivity index (χ2v) is 7.92. The maximum atomic E-state index is 13.2. The largest absolute Gasteiger partial charge is 0.340 e. The molecule has 1 atom stereocenters. The van der Waals surface area contributed by atoms with Crippen LogP contribution in [0, 0.1) is 5.92 Å². The van der Waals surface area contributed by atoms with E-state index in [1.54, 1.807) is 0 Å². The van der Waals surface area contributed by atoms with Crippen molar-refractivity contribution >= 4 is 16.9 Å². The molecule has 0 unspecified atom stereocenters. The molecule has 0 radical (unpaired) electrons. The molecule has 0 saturated heterocycles. The minimum absolute atomic E-state index is 0.141. The smallest absolute Gasteiger partial charge is 0.270 e. The number of para-hydroxylation sites is 2. The Hall–Kier alpha value is -3.41. The van der Waals surface area contributed by atoms with Crippen molar-refractivity contribution in [2.24, 2.45) is 5.92 Å². The summed E-state index contributed by atoms with van der Waals surface area (Å²) in [6.07, 6.45) is 1.72. The van der Waals surface area contributed by atoms with Crippen molar-refractivity contribution in [3.8, 4) is 11.3 Å². The van der Waals surface area contributed by atoms with Gasteiger partial charge in [0.2, 0.25) is 0 Å². The predicted molar refractivity (Wildman–Crippen MR) is 113 cm³/mol. The van der Waals surface area contributed by atoms with Crippen molar-refractivity contribution in [3.05, 3.63) is 71.2 Å². The van der Waals surface area contributed by atoms with Crippen molar-refractivity contribution in [2.45, 2.75) is 32.7 Å². The Kier molecular flexibility index (Phi) is 4.19. The van der Waals surface area contributed by atoms with E-state index in [4.69, 9.17) is 0 Å². The summed E-state index contributed by atoms with van der Waals surface area (Å²) in [5.74, 6) is 0.810. The van der Waals surface area contributed by atoms with Crippen molar-refractivity contribution in [1.82, 2.24) is 25.5 Å². The number of amides is 1. The summed E-state index contributed by atoms with van der Waals surface area (Å²) in [7, 11) is 0. The molecule has 1 aliphatic carbocycles. The fourth-order valence-electron chi connectivity index (χ4n) is 4.13. The molecular formula is C23H23N5O. The molecule has 2 aromatic carbocycles. The first-order valence-corrected chi connectivity index (χ1v) is 10.0. The zero-order chi connectivity index (χ0) is 20.0. The van der Waals surface area contributed by atoms with Crippen LogP contribution in [0.4, 0.5) is 0 Å². The van der Waals surface area contributed by atoms with Gasteiger partial charge in [-0.05, 0) is 36.5 Å². The zero-order valence-corrected chi connectivity index (χ0v) is 16.5. The van der Waals surface area contributed by atoms with Crippen molar-refractivity contribution in [1.29, 1.82) is 0 Å². The molecule has 5 rings (SSSR count). The predicted octanol–water partition coefficient (Wildman–Crippen LogP) is 4.18. The summed E-state index contributed by atoms with van der Waals surface area (Å²) in [4.78, 5) is 21.2. The lowest BCUT2D eigenvalue weighted by molar-refractivity contribution is 0.0917. The van der Waals surface area contributed by atoms with Crippen LogP contribution in [0.3, 0.4) is 0 Å². The van der Waals surface area contributed by atoms with Gasteiger partial charge >= 0.3 is 0 Å². The van der Waals surface area contributed by atoms with Crippen LogP contribution in [0.2, 0.25) is 0 Å². The average molecular weight is 385 g/mol. The number of carbonyl (C=O) groups is 1. The van der Waals surface area contributed by atoms with Gasteiger partial charge in [-0.3, -0.25) is 9.89 Å². The summed E-state index contributed by atoms with van der Waals surface area (Å²) in [6.45, 7) is 4.16. The molecule has 0 spiro atoms. The first-order chi connectivity index (χ1) is 14.1. The second kappa shape index (κ2) is 6.88. The Balaban J connectivity index is 1.46. The van der Waals surface area contributed by atoms with Crippen molar-refractivity contribution < 1.29 is 4.79 Å². The van der Waals surface area contributed by atoms with Gasteiger partial charge in [0.05, 0.1) is 22.8 Å². The molecule has 2 aromatic heterocycles. The molecule has 146 valence electrons. The van der Waals surface area contributed by atoms with Crippen LogP contribution in [0.15, 0.2) is 48.5 Å². The quantitative estimate of drug-likeness (QED) is 0.493. The summed E-state index contributed by atoms with van der Waals surface area (Å²) in [5, 5.41) is 10.6. The Labute approximate surface area is 168 Å². The van der Waals surface area contributed by atoms with E-state index in [2.05, 4.69) is 51.5 Å². The topological polar surface area (TPSA) is 86.5 Å². The van der Waals surface area contributed by atoms with Crippen LogP contribution in [0.5, 0.6) is 0 Å². The molecule has 0 aliphatic heterocycles. The van der Waals surface area contributed by atoms with E-state index < -0.39 is 0 Å². The first kappa shape index (κ1) is 17.7. The van der Waals surface area contributed by atoms with Crippen LogP contribution in [0.25, 0.3) is 22.3 Å². The summed E-state index contributed by atoms with van der Waals surface area (Å²) < 4.78 is 0. The number of aromatic amines is 2. The molecule has 2 heterocycles. The fourth-order valence-corrected chi connectivity index (χ4v) is 4.13. The molecule has 6 heteroatoms.